The zero-order valence-electron chi connectivity index (χ0n) is 13.6. The molecule has 0 saturated carbocycles. The number of ether oxygens (including phenoxy) is 1. The van der Waals surface area contributed by atoms with Gasteiger partial charge in [-0.05, 0) is 36.1 Å². The molecule has 0 saturated heterocycles. The van der Waals surface area contributed by atoms with Crippen molar-refractivity contribution in [2.24, 2.45) is 4.99 Å². The van der Waals surface area contributed by atoms with Crippen molar-refractivity contribution < 1.29 is 4.74 Å². The van der Waals surface area contributed by atoms with Crippen molar-refractivity contribution in [1.82, 2.24) is 0 Å². The molecular weight excluding hydrogens is 355 g/mol. The van der Waals surface area contributed by atoms with E-state index in [1.54, 1.807) is 0 Å². The topological polar surface area (TPSA) is 33.6 Å². The average Bonchev–Trinajstić information content (AvgIpc) is 2.61. The van der Waals surface area contributed by atoms with Gasteiger partial charge < -0.3 is 10.1 Å². The third-order valence-electron chi connectivity index (χ3n) is 4.09. The monoisotopic (exact) mass is 370 g/mol. The van der Waals surface area contributed by atoms with Crippen LogP contribution in [0.2, 0.25) is 10.0 Å². The Morgan fingerprint density at radius 3 is 2.48 bits per heavy atom. The first-order valence-corrected chi connectivity index (χ1v) is 8.92. The number of hydrogen-bond donors (Lipinski definition) is 1. The number of halogens is 2. The van der Waals surface area contributed by atoms with Gasteiger partial charge in [-0.1, -0.05) is 54.4 Å². The number of anilines is 1. The van der Waals surface area contributed by atoms with Gasteiger partial charge in [-0.25, -0.2) is 4.99 Å². The highest BCUT2D eigenvalue weighted by Gasteiger charge is 2.18. The Morgan fingerprint density at radius 2 is 1.76 bits per heavy atom. The molecule has 3 nitrogen and oxygen atoms in total. The van der Waals surface area contributed by atoms with Gasteiger partial charge in [-0.2, -0.15) is 0 Å². The molecular formula is C20H16Cl2N2O. The number of rotatable bonds is 4. The summed E-state index contributed by atoms with van der Waals surface area (Å²) in [5.41, 5.74) is 2.78. The lowest BCUT2D eigenvalue weighted by atomic mass is 10.0. The molecule has 1 aliphatic rings. The summed E-state index contributed by atoms with van der Waals surface area (Å²) < 4.78 is 5.64. The molecule has 0 amide bonds. The first-order valence-electron chi connectivity index (χ1n) is 8.17. The molecule has 0 spiro atoms. The van der Waals surface area contributed by atoms with Crippen LogP contribution in [0.5, 0.6) is 5.75 Å². The standard InChI is InChI=1S/C20H16Cl2N2O/c1-2-9-25-19-14(21)10-13(11-15(19)22)20-23-16-7-3-5-12-6-4-8-17(24-20)18(12)16/h3-8,10-11H,2,9H2,1H3,(H,23,24). The summed E-state index contributed by atoms with van der Waals surface area (Å²) in [5, 5.41) is 6.63. The van der Waals surface area contributed by atoms with E-state index in [2.05, 4.69) is 17.4 Å². The molecule has 3 aromatic rings. The van der Waals surface area contributed by atoms with Crippen LogP contribution >= 0.6 is 23.2 Å². The second-order valence-corrected chi connectivity index (χ2v) is 6.70. The normalized spacial score (nSPS) is 12.7. The number of hydrogen-bond acceptors (Lipinski definition) is 3. The van der Waals surface area contributed by atoms with E-state index in [9.17, 15) is 0 Å². The fourth-order valence-electron chi connectivity index (χ4n) is 2.97. The van der Waals surface area contributed by atoms with Crippen LogP contribution in [0.15, 0.2) is 53.5 Å². The van der Waals surface area contributed by atoms with Crippen molar-refractivity contribution >= 4 is 51.2 Å². The minimum absolute atomic E-state index is 0.484. The Balaban J connectivity index is 1.78. The van der Waals surface area contributed by atoms with Crippen LogP contribution in [0.25, 0.3) is 10.8 Å². The Hall–Kier alpha value is -2.23. The van der Waals surface area contributed by atoms with E-state index < -0.39 is 0 Å². The van der Waals surface area contributed by atoms with Crippen molar-refractivity contribution in [2.45, 2.75) is 13.3 Å². The Bertz CT molecular complexity index is 970. The van der Waals surface area contributed by atoms with Crippen LogP contribution in [-0.2, 0) is 0 Å². The molecule has 0 fully saturated rings. The smallest absolute Gasteiger partial charge is 0.156 e. The van der Waals surface area contributed by atoms with E-state index in [4.69, 9.17) is 32.9 Å². The first-order chi connectivity index (χ1) is 12.2. The Morgan fingerprint density at radius 1 is 1.04 bits per heavy atom. The summed E-state index contributed by atoms with van der Waals surface area (Å²) >= 11 is 12.8. The third kappa shape index (κ3) is 2.94. The number of nitrogens with zero attached hydrogens (tertiary/aromatic N) is 1. The van der Waals surface area contributed by atoms with Crippen molar-refractivity contribution in [1.29, 1.82) is 0 Å². The lowest BCUT2D eigenvalue weighted by Gasteiger charge is -2.20. The molecule has 0 radical (unpaired) electrons. The minimum Gasteiger partial charge on any atom is -0.490 e. The lowest BCUT2D eigenvalue weighted by molar-refractivity contribution is 0.318. The molecule has 0 unspecified atom stereocenters. The van der Waals surface area contributed by atoms with Gasteiger partial charge in [0, 0.05) is 16.6 Å². The highest BCUT2D eigenvalue weighted by molar-refractivity contribution is 6.38. The second-order valence-electron chi connectivity index (χ2n) is 5.88. The van der Waals surface area contributed by atoms with Crippen LogP contribution in [0, 0.1) is 0 Å². The van der Waals surface area contributed by atoms with Crippen molar-refractivity contribution in [3.8, 4) is 5.75 Å². The van der Waals surface area contributed by atoms with Gasteiger partial charge >= 0.3 is 0 Å². The molecule has 0 aromatic heterocycles. The van der Waals surface area contributed by atoms with E-state index in [0.717, 1.165) is 40.0 Å². The summed E-state index contributed by atoms with van der Waals surface area (Å²) in [6.45, 7) is 2.61. The van der Waals surface area contributed by atoms with Gasteiger partial charge in [0.15, 0.2) is 5.75 Å². The van der Waals surface area contributed by atoms with Crippen LogP contribution in [0.3, 0.4) is 0 Å². The predicted octanol–water partition coefficient (Wildman–Crippen LogP) is 6.44. The summed E-state index contributed by atoms with van der Waals surface area (Å²) in [6.07, 6.45) is 0.892. The van der Waals surface area contributed by atoms with Crippen molar-refractivity contribution in [3.63, 3.8) is 0 Å². The largest absolute Gasteiger partial charge is 0.490 e. The quantitative estimate of drug-likeness (QED) is 0.573. The summed E-state index contributed by atoms with van der Waals surface area (Å²) in [5.74, 6) is 1.24. The number of nitrogens with one attached hydrogen (secondary N) is 1. The van der Waals surface area contributed by atoms with Crippen LogP contribution < -0.4 is 10.1 Å². The molecule has 4 rings (SSSR count). The zero-order chi connectivity index (χ0) is 17.4. The van der Waals surface area contributed by atoms with E-state index in [0.29, 0.717) is 22.4 Å². The third-order valence-corrected chi connectivity index (χ3v) is 4.65. The molecule has 5 heteroatoms. The van der Waals surface area contributed by atoms with Crippen molar-refractivity contribution in [3.05, 3.63) is 64.1 Å². The molecule has 1 aliphatic heterocycles. The molecule has 126 valence electrons. The molecule has 0 bridgehead atoms. The fourth-order valence-corrected chi connectivity index (χ4v) is 3.57. The van der Waals surface area contributed by atoms with Crippen LogP contribution in [0.1, 0.15) is 18.9 Å². The molecule has 1 N–H and O–H groups in total. The van der Waals surface area contributed by atoms with Gasteiger partial charge in [0.05, 0.1) is 22.3 Å². The predicted molar refractivity (Wildman–Crippen MR) is 106 cm³/mol. The molecule has 25 heavy (non-hydrogen) atoms. The SMILES string of the molecule is CCCOc1c(Cl)cc(C2=Nc3cccc4cccc(c34)N2)cc1Cl. The lowest BCUT2D eigenvalue weighted by Crippen LogP contribution is -2.16. The average molecular weight is 371 g/mol. The van der Waals surface area contributed by atoms with Gasteiger partial charge in [-0.15, -0.1) is 0 Å². The number of benzene rings is 3. The highest BCUT2D eigenvalue weighted by atomic mass is 35.5. The number of amidine groups is 1. The summed E-state index contributed by atoms with van der Waals surface area (Å²) in [6, 6.07) is 15.9. The van der Waals surface area contributed by atoms with Crippen LogP contribution in [0.4, 0.5) is 11.4 Å². The number of aliphatic imine (C=N–C) groups is 1. The highest BCUT2D eigenvalue weighted by Crippen LogP contribution is 2.38. The van der Waals surface area contributed by atoms with Gasteiger partial charge in [-0.3, -0.25) is 0 Å². The maximum atomic E-state index is 6.38. The molecule has 3 aromatic carbocycles. The first kappa shape index (κ1) is 16.2. The van der Waals surface area contributed by atoms with Gasteiger partial charge in [0.25, 0.3) is 0 Å². The molecule has 0 aliphatic carbocycles. The maximum absolute atomic E-state index is 6.38. The van der Waals surface area contributed by atoms with E-state index >= 15 is 0 Å². The van der Waals surface area contributed by atoms with E-state index in [-0.39, 0.29) is 0 Å². The zero-order valence-corrected chi connectivity index (χ0v) is 15.2. The Labute approximate surface area is 156 Å². The minimum atomic E-state index is 0.484. The van der Waals surface area contributed by atoms with Gasteiger partial charge in [0.1, 0.15) is 5.84 Å². The molecule has 0 atom stereocenters. The fraction of sp³-hybridized carbons (Fsp3) is 0.150. The second kappa shape index (κ2) is 6.58. The maximum Gasteiger partial charge on any atom is 0.156 e. The van der Waals surface area contributed by atoms with E-state index in [1.807, 2.05) is 43.3 Å². The van der Waals surface area contributed by atoms with Crippen molar-refractivity contribution in [2.75, 3.05) is 11.9 Å². The molecule has 1 heterocycles. The van der Waals surface area contributed by atoms with E-state index in [1.165, 1.54) is 0 Å². The summed E-state index contributed by atoms with van der Waals surface area (Å²) in [7, 11) is 0. The Kier molecular flexibility index (Phi) is 4.28. The summed E-state index contributed by atoms with van der Waals surface area (Å²) in [4.78, 5) is 4.76. The van der Waals surface area contributed by atoms with Gasteiger partial charge in [0.2, 0.25) is 0 Å². The van der Waals surface area contributed by atoms with Crippen LogP contribution in [-0.4, -0.2) is 12.4 Å².